The molecule has 1 N–H and O–H groups in total. The fourth-order valence-corrected chi connectivity index (χ4v) is 2.61. The Bertz CT molecular complexity index is 484. The van der Waals surface area contributed by atoms with Crippen LogP contribution >= 0.6 is 27.3 Å². The third-order valence-electron chi connectivity index (χ3n) is 2.15. The Morgan fingerprint density at radius 2 is 2.25 bits per heavy atom. The minimum atomic E-state index is 0.172. The first-order valence-electron chi connectivity index (χ1n) is 4.95. The number of pyridine rings is 1. The van der Waals surface area contributed by atoms with Crippen LogP contribution in [0.1, 0.15) is 23.5 Å². The molecule has 1 atom stereocenters. The number of halogens is 1. The highest BCUT2D eigenvalue weighted by atomic mass is 79.9. The van der Waals surface area contributed by atoms with Crippen LogP contribution < -0.4 is 5.32 Å². The third kappa shape index (κ3) is 2.80. The van der Waals surface area contributed by atoms with Crippen LogP contribution in [-0.4, -0.2) is 9.97 Å². The topological polar surface area (TPSA) is 37.8 Å². The van der Waals surface area contributed by atoms with Crippen molar-refractivity contribution < 1.29 is 0 Å². The van der Waals surface area contributed by atoms with Crippen LogP contribution in [-0.2, 0) is 0 Å². The number of hydrogen-bond acceptors (Lipinski definition) is 4. The molecule has 0 saturated heterocycles. The van der Waals surface area contributed by atoms with Gasteiger partial charge in [-0.15, -0.1) is 11.3 Å². The van der Waals surface area contributed by atoms with Gasteiger partial charge in [0.05, 0.1) is 16.0 Å². The highest BCUT2D eigenvalue weighted by Crippen LogP contribution is 2.26. The number of hydrogen-bond donors (Lipinski definition) is 1. The monoisotopic (exact) mass is 297 g/mol. The van der Waals surface area contributed by atoms with Gasteiger partial charge in [-0.1, -0.05) is 0 Å². The van der Waals surface area contributed by atoms with Crippen LogP contribution in [0.3, 0.4) is 0 Å². The zero-order valence-electron chi connectivity index (χ0n) is 9.07. The highest BCUT2D eigenvalue weighted by molar-refractivity contribution is 9.11. The van der Waals surface area contributed by atoms with Crippen molar-refractivity contribution in [1.82, 2.24) is 9.97 Å². The number of rotatable bonds is 3. The van der Waals surface area contributed by atoms with Gasteiger partial charge in [0.25, 0.3) is 0 Å². The van der Waals surface area contributed by atoms with E-state index in [1.807, 2.05) is 24.5 Å². The molecular weight excluding hydrogens is 286 g/mol. The lowest BCUT2D eigenvalue weighted by Gasteiger charge is -2.11. The van der Waals surface area contributed by atoms with Gasteiger partial charge in [0.15, 0.2) is 0 Å². The van der Waals surface area contributed by atoms with Crippen molar-refractivity contribution in [2.75, 3.05) is 5.32 Å². The maximum absolute atomic E-state index is 4.32. The predicted octanol–water partition coefficient (Wildman–Crippen LogP) is 3.78. The molecule has 0 saturated carbocycles. The molecule has 0 aromatic carbocycles. The van der Waals surface area contributed by atoms with E-state index >= 15 is 0 Å². The second-order valence-electron chi connectivity index (χ2n) is 3.59. The van der Waals surface area contributed by atoms with Crippen LogP contribution in [0, 0.1) is 6.92 Å². The fourth-order valence-electron chi connectivity index (χ4n) is 1.37. The standard InChI is InChI=1S/C11H12BrN3S/c1-7-3-4-13-10(5-7)15-8(2)11-14-6-9(12)16-11/h3-6,8H,1-2H3,(H,13,15). The second-order valence-corrected chi connectivity index (χ2v) is 6.03. The van der Waals surface area contributed by atoms with Gasteiger partial charge in [0, 0.05) is 6.20 Å². The summed E-state index contributed by atoms with van der Waals surface area (Å²) in [6, 6.07) is 4.18. The molecule has 16 heavy (non-hydrogen) atoms. The third-order valence-corrected chi connectivity index (χ3v) is 3.80. The molecule has 1 unspecified atom stereocenters. The summed E-state index contributed by atoms with van der Waals surface area (Å²) < 4.78 is 1.05. The minimum Gasteiger partial charge on any atom is -0.361 e. The molecule has 2 heterocycles. The molecule has 3 nitrogen and oxygen atoms in total. The molecule has 0 fully saturated rings. The quantitative estimate of drug-likeness (QED) is 0.937. The van der Waals surface area contributed by atoms with Crippen molar-refractivity contribution in [3.63, 3.8) is 0 Å². The first-order chi connectivity index (χ1) is 7.65. The minimum absolute atomic E-state index is 0.172. The van der Waals surface area contributed by atoms with Crippen LogP contribution in [0.2, 0.25) is 0 Å². The molecule has 0 aliphatic carbocycles. The smallest absolute Gasteiger partial charge is 0.126 e. The largest absolute Gasteiger partial charge is 0.361 e. The average molecular weight is 298 g/mol. The summed E-state index contributed by atoms with van der Waals surface area (Å²) in [6.45, 7) is 4.13. The summed E-state index contributed by atoms with van der Waals surface area (Å²) in [5.74, 6) is 0.888. The van der Waals surface area contributed by atoms with Gasteiger partial charge < -0.3 is 5.32 Å². The number of nitrogens with one attached hydrogen (secondary N) is 1. The number of thiazole rings is 1. The number of anilines is 1. The van der Waals surface area contributed by atoms with E-state index in [1.165, 1.54) is 5.56 Å². The van der Waals surface area contributed by atoms with E-state index in [0.717, 1.165) is 14.6 Å². The van der Waals surface area contributed by atoms with E-state index < -0.39 is 0 Å². The predicted molar refractivity (Wildman–Crippen MR) is 70.8 cm³/mol. The summed E-state index contributed by atoms with van der Waals surface area (Å²) in [7, 11) is 0. The van der Waals surface area contributed by atoms with Crippen LogP contribution in [0.5, 0.6) is 0 Å². The van der Waals surface area contributed by atoms with E-state index in [9.17, 15) is 0 Å². The molecule has 2 rings (SSSR count). The molecule has 5 heteroatoms. The van der Waals surface area contributed by atoms with Crippen molar-refractivity contribution in [2.45, 2.75) is 19.9 Å². The SMILES string of the molecule is Cc1ccnc(NC(C)c2ncc(Br)s2)c1. The maximum Gasteiger partial charge on any atom is 0.126 e. The summed E-state index contributed by atoms with van der Waals surface area (Å²) in [5, 5.41) is 4.38. The summed E-state index contributed by atoms with van der Waals surface area (Å²) in [6.07, 6.45) is 3.63. The Kier molecular flexibility index (Phi) is 3.56. The number of aromatic nitrogens is 2. The number of nitrogens with zero attached hydrogens (tertiary/aromatic N) is 2. The molecular formula is C11H12BrN3S. The Labute approximate surface area is 107 Å². The van der Waals surface area contributed by atoms with Crippen molar-refractivity contribution >= 4 is 33.1 Å². The first kappa shape index (κ1) is 11.5. The van der Waals surface area contributed by atoms with Gasteiger partial charge in [0.2, 0.25) is 0 Å². The van der Waals surface area contributed by atoms with E-state index in [-0.39, 0.29) is 6.04 Å². The van der Waals surface area contributed by atoms with Gasteiger partial charge >= 0.3 is 0 Å². The van der Waals surface area contributed by atoms with Gasteiger partial charge in [-0.05, 0) is 47.5 Å². The fraction of sp³-hybridized carbons (Fsp3) is 0.273. The lowest BCUT2D eigenvalue weighted by atomic mass is 10.3. The lowest BCUT2D eigenvalue weighted by molar-refractivity contribution is 0.860. The van der Waals surface area contributed by atoms with Gasteiger partial charge in [-0.25, -0.2) is 9.97 Å². The molecule has 0 bridgehead atoms. The van der Waals surface area contributed by atoms with Crippen molar-refractivity contribution in [1.29, 1.82) is 0 Å². The summed E-state index contributed by atoms with van der Waals surface area (Å²) >= 11 is 5.04. The first-order valence-corrected chi connectivity index (χ1v) is 6.56. The van der Waals surface area contributed by atoms with Gasteiger partial charge in [-0.2, -0.15) is 0 Å². The van der Waals surface area contributed by atoms with Crippen molar-refractivity contribution in [2.24, 2.45) is 0 Å². The van der Waals surface area contributed by atoms with E-state index in [0.29, 0.717) is 0 Å². The molecule has 2 aromatic rings. The second kappa shape index (κ2) is 4.93. The molecule has 0 spiro atoms. The highest BCUT2D eigenvalue weighted by Gasteiger charge is 2.09. The van der Waals surface area contributed by atoms with Crippen LogP contribution in [0.25, 0.3) is 0 Å². The Morgan fingerprint density at radius 1 is 1.44 bits per heavy atom. The normalized spacial score (nSPS) is 12.4. The molecule has 2 aromatic heterocycles. The van der Waals surface area contributed by atoms with Gasteiger partial charge in [-0.3, -0.25) is 0 Å². The molecule has 0 aliphatic heterocycles. The Balaban J connectivity index is 2.10. The van der Waals surface area contributed by atoms with Crippen molar-refractivity contribution in [3.05, 3.63) is 38.9 Å². The Morgan fingerprint density at radius 3 is 2.88 bits per heavy atom. The average Bonchev–Trinajstić information content (AvgIpc) is 2.65. The van der Waals surface area contributed by atoms with E-state index in [2.05, 4.69) is 45.1 Å². The zero-order valence-corrected chi connectivity index (χ0v) is 11.5. The Hall–Kier alpha value is -0.940. The maximum atomic E-state index is 4.32. The molecule has 84 valence electrons. The number of aryl methyl sites for hydroxylation is 1. The zero-order chi connectivity index (χ0) is 11.5. The van der Waals surface area contributed by atoms with Crippen LogP contribution in [0.4, 0.5) is 5.82 Å². The van der Waals surface area contributed by atoms with Gasteiger partial charge in [0.1, 0.15) is 10.8 Å². The molecule has 0 amide bonds. The van der Waals surface area contributed by atoms with E-state index in [1.54, 1.807) is 11.3 Å². The summed E-state index contributed by atoms with van der Waals surface area (Å²) in [4.78, 5) is 8.58. The molecule has 0 aliphatic rings. The lowest BCUT2D eigenvalue weighted by Crippen LogP contribution is -2.07. The molecule has 0 radical (unpaired) electrons. The summed E-state index contributed by atoms with van der Waals surface area (Å²) in [5.41, 5.74) is 1.20. The van der Waals surface area contributed by atoms with Crippen LogP contribution in [0.15, 0.2) is 28.3 Å². The van der Waals surface area contributed by atoms with Crippen molar-refractivity contribution in [3.8, 4) is 0 Å². The van der Waals surface area contributed by atoms with E-state index in [4.69, 9.17) is 0 Å².